The SMILES string of the molecule is C=COP(O)O.Oc1ccc(-c2ccccc2)cc1. The number of phenolic OH excluding ortho intramolecular Hbond substituents is 1. The zero-order valence-corrected chi connectivity index (χ0v) is 11.1. The Labute approximate surface area is 113 Å². The van der Waals surface area contributed by atoms with Crippen molar-refractivity contribution in [3.8, 4) is 16.9 Å². The molecule has 3 N–H and O–H groups in total. The zero-order valence-electron chi connectivity index (χ0n) is 10.2. The van der Waals surface area contributed by atoms with E-state index in [9.17, 15) is 0 Å². The van der Waals surface area contributed by atoms with Crippen LogP contribution in [0.4, 0.5) is 0 Å². The van der Waals surface area contributed by atoms with Crippen LogP contribution in [0.25, 0.3) is 11.1 Å². The lowest BCUT2D eigenvalue weighted by Crippen LogP contribution is -1.74. The van der Waals surface area contributed by atoms with Gasteiger partial charge in [0.05, 0.1) is 6.26 Å². The van der Waals surface area contributed by atoms with E-state index in [1.165, 1.54) is 5.56 Å². The molecule has 0 saturated heterocycles. The highest BCUT2D eigenvalue weighted by atomic mass is 31.2. The monoisotopic (exact) mass is 278 g/mol. The molecule has 0 amide bonds. The minimum Gasteiger partial charge on any atom is -0.508 e. The summed E-state index contributed by atoms with van der Waals surface area (Å²) in [6.07, 6.45) is 0.978. The van der Waals surface area contributed by atoms with Crippen molar-refractivity contribution in [3.05, 3.63) is 67.4 Å². The summed E-state index contributed by atoms with van der Waals surface area (Å²) in [6.45, 7) is 3.07. The standard InChI is InChI=1S/C12H10O.C2H5O3P/c13-12-8-6-11(7-9-12)10-4-2-1-3-5-10;1-2-5-6(3)4/h1-9,13H;2-4H,1H2. The highest BCUT2D eigenvalue weighted by Crippen LogP contribution is 2.23. The van der Waals surface area contributed by atoms with Crippen molar-refractivity contribution in [3.63, 3.8) is 0 Å². The molecule has 0 bridgehead atoms. The molecular weight excluding hydrogens is 263 g/mol. The summed E-state index contributed by atoms with van der Waals surface area (Å²) in [5.41, 5.74) is 2.29. The molecule has 0 unspecified atom stereocenters. The Bertz CT molecular complexity index is 483. The maximum absolute atomic E-state index is 9.10. The van der Waals surface area contributed by atoms with E-state index in [1.807, 2.05) is 42.5 Å². The summed E-state index contributed by atoms with van der Waals surface area (Å²) in [6, 6.07) is 17.3. The molecule has 0 atom stereocenters. The summed E-state index contributed by atoms with van der Waals surface area (Å²) < 4.78 is 3.98. The van der Waals surface area contributed by atoms with Gasteiger partial charge in [0.15, 0.2) is 0 Å². The van der Waals surface area contributed by atoms with Gasteiger partial charge < -0.3 is 19.4 Å². The fraction of sp³-hybridized carbons (Fsp3) is 0. The molecule has 0 aliphatic heterocycles. The van der Waals surface area contributed by atoms with E-state index in [4.69, 9.17) is 14.9 Å². The number of hydrogen-bond acceptors (Lipinski definition) is 4. The third-order valence-electron chi connectivity index (χ3n) is 2.14. The second-order valence-corrected chi connectivity index (χ2v) is 4.15. The van der Waals surface area contributed by atoms with Gasteiger partial charge in [-0.2, -0.15) is 0 Å². The van der Waals surface area contributed by atoms with Gasteiger partial charge in [0, 0.05) is 0 Å². The fourth-order valence-electron chi connectivity index (χ4n) is 1.35. The van der Waals surface area contributed by atoms with E-state index in [2.05, 4.69) is 11.1 Å². The van der Waals surface area contributed by atoms with Gasteiger partial charge in [-0.05, 0) is 23.3 Å². The molecule has 2 rings (SSSR count). The van der Waals surface area contributed by atoms with Crippen molar-refractivity contribution in [2.45, 2.75) is 0 Å². The van der Waals surface area contributed by atoms with Crippen molar-refractivity contribution in [2.75, 3.05) is 0 Å². The minimum atomic E-state index is -2.22. The van der Waals surface area contributed by atoms with E-state index in [-0.39, 0.29) is 0 Å². The van der Waals surface area contributed by atoms with Crippen molar-refractivity contribution < 1.29 is 19.4 Å². The summed E-state index contributed by atoms with van der Waals surface area (Å²) in [4.78, 5) is 15.8. The van der Waals surface area contributed by atoms with Crippen LogP contribution in [-0.4, -0.2) is 14.9 Å². The number of aromatic hydroxyl groups is 1. The number of rotatable bonds is 3. The molecule has 0 radical (unpaired) electrons. The molecular formula is C14H15O4P. The Kier molecular flexibility index (Phi) is 6.61. The van der Waals surface area contributed by atoms with Gasteiger partial charge in [-0.3, -0.25) is 0 Å². The van der Waals surface area contributed by atoms with Gasteiger partial charge in [0.2, 0.25) is 0 Å². The topological polar surface area (TPSA) is 69.9 Å². The van der Waals surface area contributed by atoms with E-state index < -0.39 is 8.60 Å². The number of phenols is 1. The molecule has 2 aromatic rings. The molecule has 0 spiro atoms. The average molecular weight is 278 g/mol. The van der Waals surface area contributed by atoms with Crippen LogP contribution in [0.5, 0.6) is 5.75 Å². The highest BCUT2D eigenvalue weighted by Gasteiger charge is 1.94. The first-order chi connectivity index (χ1) is 9.13. The molecule has 0 aromatic heterocycles. The average Bonchev–Trinajstić information content (AvgIpc) is 2.41. The van der Waals surface area contributed by atoms with Crippen molar-refractivity contribution in [1.82, 2.24) is 0 Å². The van der Waals surface area contributed by atoms with Crippen LogP contribution in [0.15, 0.2) is 67.4 Å². The zero-order chi connectivity index (χ0) is 14.1. The largest absolute Gasteiger partial charge is 0.508 e. The number of benzene rings is 2. The summed E-state index contributed by atoms with van der Waals surface area (Å²) in [5.74, 6) is 0.305. The smallest absolute Gasteiger partial charge is 0.390 e. The molecule has 0 heterocycles. The summed E-state index contributed by atoms with van der Waals surface area (Å²) >= 11 is 0. The van der Waals surface area contributed by atoms with Crippen LogP contribution in [0.3, 0.4) is 0 Å². The summed E-state index contributed by atoms with van der Waals surface area (Å²) in [5, 5.41) is 9.10. The van der Waals surface area contributed by atoms with Crippen molar-refractivity contribution >= 4 is 8.60 Å². The molecule has 0 fully saturated rings. The fourth-order valence-corrected chi connectivity index (χ4v) is 1.48. The van der Waals surface area contributed by atoms with Gasteiger partial charge in [0.1, 0.15) is 5.75 Å². The molecule has 0 saturated carbocycles. The van der Waals surface area contributed by atoms with Gasteiger partial charge in [-0.15, -0.1) is 0 Å². The molecule has 0 aliphatic carbocycles. The van der Waals surface area contributed by atoms with Crippen LogP contribution in [0.2, 0.25) is 0 Å². The lowest BCUT2D eigenvalue weighted by molar-refractivity contribution is 0.343. The van der Waals surface area contributed by atoms with Gasteiger partial charge in [0.25, 0.3) is 0 Å². The first-order valence-electron chi connectivity index (χ1n) is 5.43. The predicted molar refractivity (Wildman–Crippen MR) is 76.2 cm³/mol. The molecule has 19 heavy (non-hydrogen) atoms. The van der Waals surface area contributed by atoms with Gasteiger partial charge >= 0.3 is 8.60 Å². The Hall–Kier alpha value is -1.87. The van der Waals surface area contributed by atoms with Crippen molar-refractivity contribution in [1.29, 1.82) is 0 Å². The Morgan fingerprint density at radius 2 is 1.42 bits per heavy atom. The number of hydrogen-bond donors (Lipinski definition) is 3. The third kappa shape index (κ3) is 6.02. The van der Waals surface area contributed by atoms with Crippen LogP contribution in [0, 0.1) is 0 Å². The van der Waals surface area contributed by atoms with Crippen LogP contribution in [0.1, 0.15) is 0 Å². The first kappa shape index (κ1) is 15.2. The normalized spacial score (nSPS) is 9.42. The summed E-state index contributed by atoms with van der Waals surface area (Å²) in [7, 11) is -2.22. The Morgan fingerprint density at radius 1 is 0.895 bits per heavy atom. The van der Waals surface area contributed by atoms with Crippen LogP contribution < -0.4 is 0 Å². The Balaban J connectivity index is 0.000000258. The maximum atomic E-state index is 9.10. The van der Waals surface area contributed by atoms with Crippen LogP contribution in [-0.2, 0) is 4.52 Å². The second kappa shape index (κ2) is 8.27. The highest BCUT2D eigenvalue weighted by molar-refractivity contribution is 7.39. The van der Waals surface area contributed by atoms with E-state index in [1.54, 1.807) is 12.1 Å². The van der Waals surface area contributed by atoms with E-state index in [0.29, 0.717) is 5.75 Å². The minimum absolute atomic E-state index is 0.305. The maximum Gasteiger partial charge on any atom is 0.390 e. The van der Waals surface area contributed by atoms with Crippen LogP contribution >= 0.6 is 8.60 Å². The Morgan fingerprint density at radius 3 is 1.84 bits per heavy atom. The van der Waals surface area contributed by atoms with E-state index in [0.717, 1.165) is 11.8 Å². The molecule has 4 nitrogen and oxygen atoms in total. The van der Waals surface area contributed by atoms with Gasteiger partial charge in [-0.1, -0.05) is 49.0 Å². The lowest BCUT2D eigenvalue weighted by Gasteiger charge is -2.00. The molecule has 0 aliphatic rings. The molecule has 100 valence electrons. The second-order valence-electron chi connectivity index (χ2n) is 3.44. The first-order valence-corrected chi connectivity index (χ1v) is 6.60. The quantitative estimate of drug-likeness (QED) is 0.594. The molecule has 2 aromatic carbocycles. The molecule has 5 heteroatoms. The van der Waals surface area contributed by atoms with E-state index >= 15 is 0 Å². The van der Waals surface area contributed by atoms with Gasteiger partial charge in [-0.25, -0.2) is 0 Å². The third-order valence-corrected chi connectivity index (χ3v) is 2.48. The predicted octanol–water partition coefficient (Wildman–Crippen LogP) is 3.42. The lowest BCUT2D eigenvalue weighted by atomic mass is 10.1. The van der Waals surface area contributed by atoms with Crippen molar-refractivity contribution in [2.24, 2.45) is 0 Å².